The van der Waals surface area contributed by atoms with Crippen LogP contribution in [-0.4, -0.2) is 31.7 Å². The Labute approximate surface area is 60.3 Å². The van der Waals surface area contributed by atoms with E-state index in [-0.39, 0.29) is 24.6 Å². The predicted octanol–water partition coefficient (Wildman–Crippen LogP) is 0.535. The highest BCUT2D eigenvalue weighted by molar-refractivity contribution is 4.91. The molecule has 2 unspecified atom stereocenters. The second-order valence-corrected chi connectivity index (χ2v) is 2.93. The standard InChI is InChI=1S/C7H12O3/c1-4-3-5(8-2)6-7(9-4)10-6/h4-7H,3H2,1-2H3/t4-,5?,6-,7?/m1/s1. The van der Waals surface area contributed by atoms with Crippen molar-refractivity contribution in [3.05, 3.63) is 0 Å². The monoisotopic (exact) mass is 144 g/mol. The fraction of sp³-hybridized carbons (Fsp3) is 1.00. The van der Waals surface area contributed by atoms with Crippen molar-refractivity contribution in [2.45, 2.75) is 37.9 Å². The molecule has 0 N–H and O–H groups in total. The van der Waals surface area contributed by atoms with Crippen molar-refractivity contribution in [2.75, 3.05) is 7.11 Å². The van der Waals surface area contributed by atoms with E-state index in [4.69, 9.17) is 14.2 Å². The third kappa shape index (κ3) is 0.944. The molecule has 58 valence electrons. The molecule has 3 heteroatoms. The van der Waals surface area contributed by atoms with Crippen molar-refractivity contribution in [1.29, 1.82) is 0 Å². The number of hydrogen-bond acceptors (Lipinski definition) is 3. The summed E-state index contributed by atoms with van der Waals surface area (Å²) in [5, 5.41) is 0. The van der Waals surface area contributed by atoms with E-state index >= 15 is 0 Å². The summed E-state index contributed by atoms with van der Waals surface area (Å²) in [7, 11) is 1.72. The molecule has 2 fully saturated rings. The van der Waals surface area contributed by atoms with Gasteiger partial charge in [0.05, 0.1) is 12.2 Å². The summed E-state index contributed by atoms with van der Waals surface area (Å²) in [4.78, 5) is 0. The lowest BCUT2D eigenvalue weighted by molar-refractivity contribution is -0.0485. The van der Waals surface area contributed by atoms with Crippen LogP contribution in [0.25, 0.3) is 0 Å². The molecule has 3 nitrogen and oxygen atoms in total. The van der Waals surface area contributed by atoms with Crippen molar-refractivity contribution in [3.8, 4) is 0 Å². The van der Waals surface area contributed by atoms with Gasteiger partial charge in [-0.05, 0) is 6.92 Å². The Morgan fingerprint density at radius 2 is 2.20 bits per heavy atom. The molecule has 2 rings (SSSR count). The third-order valence-electron chi connectivity index (χ3n) is 2.08. The van der Waals surface area contributed by atoms with Crippen molar-refractivity contribution in [1.82, 2.24) is 0 Å². The molecule has 0 aliphatic carbocycles. The number of methoxy groups -OCH3 is 1. The average Bonchev–Trinajstić information content (AvgIpc) is 2.64. The minimum atomic E-state index is 0.0358. The number of epoxide rings is 1. The molecule has 4 atom stereocenters. The summed E-state index contributed by atoms with van der Waals surface area (Å²) in [6.45, 7) is 2.05. The Morgan fingerprint density at radius 3 is 2.90 bits per heavy atom. The molecule has 0 bridgehead atoms. The maximum absolute atomic E-state index is 5.39. The van der Waals surface area contributed by atoms with Gasteiger partial charge in [-0.3, -0.25) is 0 Å². The van der Waals surface area contributed by atoms with Crippen molar-refractivity contribution < 1.29 is 14.2 Å². The van der Waals surface area contributed by atoms with Gasteiger partial charge in [-0.25, -0.2) is 0 Å². The van der Waals surface area contributed by atoms with Gasteiger partial charge in [0, 0.05) is 13.5 Å². The van der Waals surface area contributed by atoms with Gasteiger partial charge in [0.15, 0.2) is 6.29 Å². The van der Waals surface area contributed by atoms with Gasteiger partial charge >= 0.3 is 0 Å². The summed E-state index contributed by atoms with van der Waals surface area (Å²) < 4.78 is 15.8. The Balaban J connectivity index is 1.96. The molecule has 0 aromatic carbocycles. The lowest BCUT2D eigenvalue weighted by Gasteiger charge is -2.21. The normalized spacial score (nSPS) is 52.2. The Kier molecular flexibility index (Phi) is 1.44. The van der Waals surface area contributed by atoms with Gasteiger partial charge in [-0.1, -0.05) is 0 Å². The molecular weight excluding hydrogens is 132 g/mol. The maximum atomic E-state index is 5.39. The molecule has 0 amide bonds. The lowest BCUT2D eigenvalue weighted by atomic mass is 10.1. The molecule has 0 aromatic rings. The minimum absolute atomic E-state index is 0.0358. The van der Waals surface area contributed by atoms with Gasteiger partial charge in [-0.15, -0.1) is 0 Å². The van der Waals surface area contributed by atoms with Gasteiger partial charge in [0.1, 0.15) is 6.10 Å². The molecule has 0 aromatic heterocycles. The fourth-order valence-electron chi connectivity index (χ4n) is 1.46. The van der Waals surface area contributed by atoms with Crippen LogP contribution in [-0.2, 0) is 14.2 Å². The number of fused-ring (bicyclic) bond motifs is 1. The first-order valence-corrected chi connectivity index (χ1v) is 3.65. The van der Waals surface area contributed by atoms with E-state index in [1.54, 1.807) is 7.11 Å². The van der Waals surface area contributed by atoms with Crippen molar-refractivity contribution in [2.24, 2.45) is 0 Å². The zero-order valence-corrected chi connectivity index (χ0v) is 6.24. The average molecular weight is 144 g/mol. The molecule has 2 heterocycles. The van der Waals surface area contributed by atoms with Gasteiger partial charge < -0.3 is 14.2 Å². The SMILES string of the molecule is COC1C[C@@H](C)OC2O[C@H]12. The molecule has 0 spiro atoms. The zero-order chi connectivity index (χ0) is 7.14. The van der Waals surface area contributed by atoms with E-state index in [1.807, 2.05) is 6.92 Å². The molecule has 0 radical (unpaired) electrons. The second-order valence-electron chi connectivity index (χ2n) is 2.93. The van der Waals surface area contributed by atoms with Crippen molar-refractivity contribution >= 4 is 0 Å². The first-order valence-electron chi connectivity index (χ1n) is 3.65. The smallest absolute Gasteiger partial charge is 0.187 e. The van der Waals surface area contributed by atoms with E-state index in [0.29, 0.717) is 0 Å². The van der Waals surface area contributed by atoms with Crippen LogP contribution < -0.4 is 0 Å². The van der Waals surface area contributed by atoms with Crippen LogP contribution in [0.15, 0.2) is 0 Å². The molecule has 2 aliphatic rings. The molecule has 0 saturated carbocycles. The van der Waals surface area contributed by atoms with E-state index in [0.717, 1.165) is 6.42 Å². The Morgan fingerprint density at radius 1 is 1.40 bits per heavy atom. The maximum Gasteiger partial charge on any atom is 0.187 e. The van der Waals surface area contributed by atoms with Crippen LogP contribution in [0, 0.1) is 0 Å². The number of ether oxygens (including phenoxy) is 3. The van der Waals surface area contributed by atoms with Crippen LogP contribution in [0.1, 0.15) is 13.3 Å². The first kappa shape index (κ1) is 6.58. The fourth-order valence-corrected chi connectivity index (χ4v) is 1.46. The second kappa shape index (κ2) is 2.19. The van der Waals surface area contributed by atoms with E-state index < -0.39 is 0 Å². The lowest BCUT2D eigenvalue weighted by Crippen LogP contribution is -2.32. The number of hydrogen-bond donors (Lipinski definition) is 0. The van der Waals surface area contributed by atoms with Crippen LogP contribution in [0.4, 0.5) is 0 Å². The van der Waals surface area contributed by atoms with E-state index in [2.05, 4.69) is 0 Å². The summed E-state index contributed by atoms with van der Waals surface area (Å²) in [6.07, 6.45) is 1.76. The molecule has 2 aliphatic heterocycles. The Hall–Kier alpha value is -0.120. The third-order valence-corrected chi connectivity index (χ3v) is 2.08. The van der Waals surface area contributed by atoms with E-state index in [1.165, 1.54) is 0 Å². The highest BCUT2D eigenvalue weighted by atomic mass is 16.8. The first-order chi connectivity index (χ1) is 4.81. The Bertz CT molecular complexity index is 137. The van der Waals surface area contributed by atoms with Crippen LogP contribution in [0.2, 0.25) is 0 Å². The zero-order valence-electron chi connectivity index (χ0n) is 6.24. The minimum Gasteiger partial charge on any atom is -0.378 e. The molecule has 2 saturated heterocycles. The van der Waals surface area contributed by atoms with E-state index in [9.17, 15) is 0 Å². The molecular formula is C7H12O3. The number of rotatable bonds is 1. The summed E-state index contributed by atoms with van der Waals surface area (Å²) in [6, 6.07) is 0. The van der Waals surface area contributed by atoms with Crippen LogP contribution >= 0.6 is 0 Å². The quantitative estimate of drug-likeness (QED) is 0.503. The van der Waals surface area contributed by atoms with Crippen molar-refractivity contribution in [3.63, 3.8) is 0 Å². The highest BCUT2D eigenvalue weighted by Crippen LogP contribution is 2.36. The van der Waals surface area contributed by atoms with Crippen LogP contribution in [0.5, 0.6) is 0 Å². The summed E-state index contributed by atoms with van der Waals surface area (Å²) in [5.74, 6) is 0. The van der Waals surface area contributed by atoms with Crippen LogP contribution in [0.3, 0.4) is 0 Å². The van der Waals surface area contributed by atoms with Gasteiger partial charge in [0.2, 0.25) is 0 Å². The summed E-state index contributed by atoms with van der Waals surface area (Å²) >= 11 is 0. The molecule has 10 heavy (non-hydrogen) atoms. The predicted molar refractivity (Wildman–Crippen MR) is 34.6 cm³/mol. The highest BCUT2D eigenvalue weighted by Gasteiger charge is 2.51. The van der Waals surface area contributed by atoms with Gasteiger partial charge in [0.25, 0.3) is 0 Å². The van der Waals surface area contributed by atoms with Gasteiger partial charge in [-0.2, -0.15) is 0 Å². The largest absolute Gasteiger partial charge is 0.378 e. The summed E-state index contributed by atoms with van der Waals surface area (Å²) in [5.41, 5.74) is 0. The topological polar surface area (TPSA) is 31.0 Å².